The minimum absolute atomic E-state index is 0.316. The topological polar surface area (TPSA) is 91.2 Å². The van der Waals surface area contributed by atoms with Crippen LogP contribution in [0.2, 0.25) is 0 Å². The van der Waals surface area contributed by atoms with Gasteiger partial charge in [-0.2, -0.15) is 0 Å². The number of nitrogens with two attached hydrogens (primary N) is 2. The van der Waals surface area contributed by atoms with Gasteiger partial charge in [0.25, 0.3) is 0 Å². The number of methoxy groups -OCH3 is 1. The van der Waals surface area contributed by atoms with Crippen molar-refractivity contribution in [1.29, 1.82) is 0 Å². The summed E-state index contributed by atoms with van der Waals surface area (Å²) < 4.78 is 5.07. The Morgan fingerprint density at radius 1 is 1.12 bits per heavy atom. The molecule has 1 aromatic carbocycles. The second-order valence-electron chi connectivity index (χ2n) is 6.78. The molecule has 0 aliphatic heterocycles. The Morgan fingerprint density at radius 2 is 1.77 bits per heavy atom. The summed E-state index contributed by atoms with van der Waals surface area (Å²) in [6.07, 6.45) is 1.46. The van der Waals surface area contributed by atoms with Crippen LogP contribution >= 0.6 is 0 Å². The van der Waals surface area contributed by atoms with E-state index in [1.54, 1.807) is 0 Å². The maximum absolute atomic E-state index is 12.6. The third-order valence-electron chi connectivity index (χ3n) is 4.47. The van der Waals surface area contributed by atoms with Crippen LogP contribution in [0.5, 0.6) is 0 Å². The van der Waals surface area contributed by atoms with E-state index in [-0.39, 0.29) is 5.97 Å². The van der Waals surface area contributed by atoms with Crippen LogP contribution in [0.25, 0.3) is 11.1 Å². The molecule has 0 unspecified atom stereocenters. The molecule has 0 radical (unpaired) electrons. The zero-order valence-corrected chi connectivity index (χ0v) is 16.1. The Bertz CT molecular complexity index is 768. The maximum atomic E-state index is 12.6. The summed E-state index contributed by atoms with van der Waals surface area (Å²) in [6.45, 7) is 7.09. The molecule has 140 valence electrons. The third kappa shape index (κ3) is 4.11. The number of aryl methyl sites for hydroxylation is 1. The summed E-state index contributed by atoms with van der Waals surface area (Å²) in [5.74, 6) is 0.0620. The van der Waals surface area contributed by atoms with Gasteiger partial charge >= 0.3 is 5.97 Å². The van der Waals surface area contributed by atoms with E-state index in [1.807, 2.05) is 31.2 Å². The first-order valence-electron chi connectivity index (χ1n) is 9.09. The van der Waals surface area contributed by atoms with Crippen LogP contribution < -0.4 is 11.5 Å². The maximum Gasteiger partial charge on any atom is 0.340 e. The Balaban J connectivity index is 2.83. The molecule has 5 heteroatoms. The van der Waals surface area contributed by atoms with Crippen molar-refractivity contribution in [3.8, 4) is 11.1 Å². The van der Waals surface area contributed by atoms with Crippen molar-refractivity contribution in [3.63, 3.8) is 0 Å². The monoisotopic (exact) mass is 355 g/mol. The van der Waals surface area contributed by atoms with Crippen molar-refractivity contribution < 1.29 is 9.53 Å². The number of ether oxygens (including phenoxy) is 1. The Morgan fingerprint density at radius 3 is 2.23 bits per heavy atom. The second kappa shape index (κ2) is 8.92. The van der Waals surface area contributed by atoms with Gasteiger partial charge in [0.05, 0.1) is 18.4 Å². The molecule has 0 spiro atoms. The summed E-state index contributed by atoms with van der Waals surface area (Å²) in [4.78, 5) is 17.4. The zero-order chi connectivity index (χ0) is 19.3. The molecule has 2 rings (SSSR count). The number of carbonyl (C=O) groups excluding carboxylic acids is 1. The van der Waals surface area contributed by atoms with Gasteiger partial charge in [-0.05, 0) is 35.4 Å². The summed E-state index contributed by atoms with van der Waals surface area (Å²) in [6, 6.07) is 7.93. The van der Waals surface area contributed by atoms with E-state index in [0.717, 1.165) is 40.1 Å². The van der Waals surface area contributed by atoms with Gasteiger partial charge in [0.2, 0.25) is 0 Å². The molecule has 1 aromatic heterocycles. The number of benzene rings is 1. The van der Waals surface area contributed by atoms with Crippen molar-refractivity contribution >= 4 is 5.97 Å². The van der Waals surface area contributed by atoms with E-state index in [2.05, 4.69) is 13.8 Å². The number of esters is 1. The van der Waals surface area contributed by atoms with Crippen LogP contribution in [0, 0.1) is 5.92 Å². The highest BCUT2D eigenvalue weighted by atomic mass is 16.5. The smallest absolute Gasteiger partial charge is 0.340 e. The van der Waals surface area contributed by atoms with Gasteiger partial charge in [-0.3, -0.25) is 4.98 Å². The Hall–Kier alpha value is -2.24. The van der Waals surface area contributed by atoms with Crippen LogP contribution in [0.1, 0.15) is 53.6 Å². The fourth-order valence-electron chi connectivity index (χ4n) is 3.21. The fourth-order valence-corrected chi connectivity index (χ4v) is 3.21. The van der Waals surface area contributed by atoms with Gasteiger partial charge in [0.1, 0.15) is 0 Å². The van der Waals surface area contributed by atoms with Crippen molar-refractivity contribution in [2.75, 3.05) is 7.11 Å². The molecular formula is C21H29N3O2. The summed E-state index contributed by atoms with van der Waals surface area (Å²) in [5.41, 5.74) is 17.8. The van der Waals surface area contributed by atoms with E-state index < -0.39 is 0 Å². The Labute approximate surface area is 155 Å². The Kier molecular flexibility index (Phi) is 6.89. The number of hydrogen-bond donors (Lipinski definition) is 2. The average molecular weight is 355 g/mol. The van der Waals surface area contributed by atoms with Crippen LogP contribution in [0.3, 0.4) is 0 Å². The number of rotatable bonds is 7. The largest absolute Gasteiger partial charge is 0.465 e. The van der Waals surface area contributed by atoms with E-state index in [9.17, 15) is 4.79 Å². The highest BCUT2D eigenvalue weighted by Crippen LogP contribution is 2.33. The molecule has 0 amide bonds. The summed E-state index contributed by atoms with van der Waals surface area (Å²) >= 11 is 0. The number of hydrogen-bond acceptors (Lipinski definition) is 5. The zero-order valence-electron chi connectivity index (χ0n) is 16.1. The number of carbonyl (C=O) groups is 1. The van der Waals surface area contributed by atoms with E-state index in [1.165, 1.54) is 7.11 Å². The molecule has 0 aliphatic rings. The van der Waals surface area contributed by atoms with Crippen molar-refractivity contribution in [1.82, 2.24) is 4.98 Å². The van der Waals surface area contributed by atoms with E-state index >= 15 is 0 Å². The molecule has 0 fully saturated rings. The number of pyridine rings is 1. The molecule has 0 aliphatic carbocycles. The van der Waals surface area contributed by atoms with Crippen molar-refractivity contribution in [3.05, 3.63) is 52.3 Å². The predicted octanol–water partition coefficient (Wildman–Crippen LogP) is 3.21. The molecule has 0 saturated heterocycles. The van der Waals surface area contributed by atoms with Gasteiger partial charge < -0.3 is 16.2 Å². The standard InChI is InChI=1S/C21H29N3O2/c1-5-17-20(21(25)26-4)19(15-8-6-14(11-22)7-9-15)16(12-23)18(24-17)10-13(2)3/h6-9,13H,5,10-12,22-23H2,1-4H3. The molecule has 26 heavy (non-hydrogen) atoms. The van der Waals surface area contributed by atoms with Gasteiger partial charge in [0, 0.05) is 24.3 Å². The van der Waals surface area contributed by atoms with Crippen LogP contribution in [-0.2, 0) is 30.7 Å². The van der Waals surface area contributed by atoms with E-state index in [0.29, 0.717) is 31.0 Å². The average Bonchev–Trinajstić information content (AvgIpc) is 2.65. The van der Waals surface area contributed by atoms with Crippen LogP contribution in [-0.4, -0.2) is 18.1 Å². The normalized spacial score (nSPS) is 11.0. The fraction of sp³-hybridized carbons (Fsp3) is 0.429. The lowest BCUT2D eigenvalue weighted by Crippen LogP contribution is -2.17. The highest BCUT2D eigenvalue weighted by molar-refractivity contribution is 5.99. The second-order valence-corrected chi connectivity index (χ2v) is 6.78. The first-order valence-corrected chi connectivity index (χ1v) is 9.09. The molecule has 0 saturated carbocycles. The van der Waals surface area contributed by atoms with Crippen molar-refractivity contribution in [2.45, 2.75) is 46.7 Å². The quantitative estimate of drug-likeness (QED) is 0.744. The highest BCUT2D eigenvalue weighted by Gasteiger charge is 2.25. The third-order valence-corrected chi connectivity index (χ3v) is 4.47. The van der Waals surface area contributed by atoms with Gasteiger partial charge in [-0.1, -0.05) is 45.0 Å². The van der Waals surface area contributed by atoms with Crippen molar-refractivity contribution in [2.24, 2.45) is 17.4 Å². The van der Waals surface area contributed by atoms with Gasteiger partial charge in [-0.25, -0.2) is 4.79 Å². The first kappa shape index (κ1) is 20.1. The summed E-state index contributed by atoms with van der Waals surface area (Å²) in [5, 5.41) is 0. The molecule has 0 bridgehead atoms. The van der Waals surface area contributed by atoms with Crippen LogP contribution in [0.15, 0.2) is 24.3 Å². The SMILES string of the molecule is CCc1nc(CC(C)C)c(CN)c(-c2ccc(CN)cc2)c1C(=O)OC. The van der Waals surface area contributed by atoms with E-state index in [4.69, 9.17) is 21.2 Å². The van der Waals surface area contributed by atoms with Gasteiger partial charge in [0.15, 0.2) is 0 Å². The molecular weight excluding hydrogens is 326 g/mol. The van der Waals surface area contributed by atoms with Gasteiger partial charge in [-0.15, -0.1) is 0 Å². The lowest BCUT2D eigenvalue weighted by atomic mass is 9.89. The number of aromatic nitrogens is 1. The number of nitrogens with zero attached hydrogens (tertiary/aromatic N) is 1. The molecule has 4 N–H and O–H groups in total. The lowest BCUT2D eigenvalue weighted by molar-refractivity contribution is 0.0599. The predicted molar refractivity (Wildman–Crippen MR) is 105 cm³/mol. The minimum atomic E-state index is -0.377. The molecule has 0 atom stereocenters. The molecule has 1 heterocycles. The van der Waals surface area contributed by atoms with Crippen LogP contribution in [0.4, 0.5) is 0 Å². The lowest BCUT2D eigenvalue weighted by Gasteiger charge is -2.20. The first-order chi connectivity index (χ1) is 12.5. The minimum Gasteiger partial charge on any atom is -0.465 e. The molecule has 5 nitrogen and oxygen atoms in total. The summed E-state index contributed by atoms with van der Waals surface area (Å²) in [7, 11) is 1.40. The molecule has 2 aromatic rings.